The predicted molar refractivity (Wildman–Crippen MR) is 112 cm³/mol. The summed E-state index contributed by atoms with van der Waals surface area (Å²) in [5, 5.41) is 5.03. The van der Waals surface area contributed by atoms with E-state index in [-0.39, 0.29) is 5.91 Å². The molecule has 0 aliphatic rings. The largest absolute Gasteiger partial charge is 0.280 e. The van der Waals surface area contributed by atoms with Crippen molar-refractivity contribution in [3.63, 3.8) is 0 Å². The number of rotatable bonds is 5. The molecule has 3 aromatic heterocycles. The smallest absolute Gasteiger partial charge is 0.278 e. The second-order valence-electron chi connectivity index (χ2n) is 6.70. The average Bonchev–Trinajstić information content (AvgIpc) is 3.28. The van der Waals surface area contributed by atoms with Gasteiger partial charge in [-0.25, -0.2) is 4.98 Å². The topological polar surface area (TPSA) is 63.9 Å². The van der Waals surface area contributed by atoms with Crippen molar-refractivity contribution < 1.29 is 4.79 Å². The second-order valence-corrected chi connectivity index (χ2v) is 7.71. The molecule has 1 aromatic carbocycles. The van der Waals surface area contributed by atoms with Gasteiger partial charge in [0.15, 0.2) is 10.8 Å². The number of thiazole rings is 1. The van der Waals surface area contributed by atoms with Crippen LogP contribution in [0, 0.1) is 6.92 Å². The minimum absolute atomic E-state index is 0.165. The number of aryl methyl sites for hydroxylation is 3. The molecule has 7 heteroatoms. The Kier molecular flexibility index (Phi) is 4.92. The molecule has 0 radical (unpaired) electrons. The Bertz CT molecular complexity index is 1110. The molecule has 142 valence electrons. The third-order valence-corrected chi connectivity index (χ3v) is 5.76. The fraction of sp³-hybridized carbons (Fsp3) is 0.238. The molecule has 4 aromatic rings. The molecule has 0 aliphatic heterocycles. The summed E-state index contributed by atoms with van der Waals surface area (Å²) in [6.07, 6.45) is 4.46. The summed E-state index contributed by atoms with van der Waals surface area (Å²) in [7, 11) is 1.83. The van der Waals surface area contributed by atoms with E-state index < -0.39 is 0 Å². The van der Waals surface area contributed by atoms with E-state index >= 15 is 0 Å². The molecule has 0 bridgehead atoms. The first-order chi connectivity index (χ1) is 13.5. The van der Waals surface area contributed by atoms with E-state index in [1.54, 1.807) is 28.0 Å². The number of pyridine rings is 1. The highest BCUT2D eigenvalue weighted by Crippen LogP contribution is 2.31. The highest BCUT2D eigenvalue weighted by molar-refractivity contribution is 7.22. The molecule has 0 saturated carbocycles. The molecular formula is C21H21N5OS. The molecule has 0 fully saturated rings. The Labute approximate surface area is 167 Å². The third-order valence-electron chi connectivity index (χ3n) is 4.72. The van der Waals surface area contributed by atoms with E-state index in [1.807, 2.05) is 32.2 Å². The zero-order valence-electron chi connectivity index (χ0n) is 16.1. The number of hydrogen-bond acceptors (Lipinski definition) is 5. The Morgan fingerprint density at radius 2 is 2.07 bits per heavy atom. The van der Waals surface area contributed by atoms with Gasteiger partial charge in [-0.15, -0.1) is 0 Å². The Morgan fingerprint density at radius 3 is 2.75 bits per heavy atom. The van der Waals surface area contributed by atoms with Crippen molar-refractivity contribution >= 4 is 32.6 Å². The molecule has 1 amide bonds. The summed E-state index contributed by atoms with van der Waals surface area (Å²) in [5.41, 5.74) is 4.45. The van der Waals surface area contributed by atoms with Crippen LogP contribution in [0.2, 0.25) is 0 Å². The number of nitrogens with zero attached hydrogens (tertiary/aromatic N) is 5. The second kappa shape index (κ2) is 7.52. The van der Waals surface area contributed by atoms with Gasteiger partial charge in [0.2, 0.25) is 0 Å². The van der Waals surface area contributed by atoms with Crippen LogP contribution in [0.5, 0.6) is 0 Å². The van der Waals surface area contributed by atoms with Crippen molar-refractivity contribution in [2.24, 2.45) is 7.05 Å². The van der Waals surface area contributed by atoms with Crippen LogP contribution >= 0.6 is 11.3 Å². The number of benzene rings is 1. The number of carbonyl (C=O) groups excluding carboxylic acids is 1. The van der Waals surface area contributed by atoms with Crippen LogP contribution in [0.1, 0.15) is 34.2 Å². The van der Waals surface area contributed by atoms with Gasteiger partial charge in [-0.05, 0) is 48.7 Å². The summed E-state index contributed by atoms with van der Waals surface area (Å²) in [6, 6.07) is 11.9. The van der Waals surface area contributed by atoms with Crippen LogP contribution < -0.4 is 4.90 Å². The molecule has 6 nitrogen and oxygen atoms in total. The van der Waals surface area contributed by atoms with Crippen LogP contribution in [-0.4, -0.2) is 25.7 Å². The number of carbonyl (C=O) groups is 1. The number of fused-ring (bicyclic) bond motifs is 1. The number of anilines is 1. The van der Waals surface area contributed by atoms with Crippen molar-refractivity contribution in [2.45, 2.75) is 26.8 Å². The minimum atomic E-state index is -0.165. The Hall–Kier alpha value is -3.06. The molecule has 0 saturated heterocycles. The van der Waals surface area contributed by atoms with E-state index in [4.69, 9.17) is 4.98 Å². The maximum absolute atomic E-state index is 13.3. The van der Waals surface area contributed by atoms with Gasteiger partial charge in [-0.2, -0.15) is 5.10 Å². The van der Waals surface area contributed by atoms with Crippen LogP contribution in [0.3, 0.4) is 0 Å². The lowest BCUT2D eigenvalue weighted by Gasteiger charge is -2.18. The molecule has 0 aliphatic carbocycles. The predicted octanol–water partition coefficient (Wildman–Crippen LogP) is 4.14. The summed E-state index contributed by atoms with van der Waals surface area (Å²) in [5.74, 6) is -0.165. The van der Waals surface area contributed by atoms with Crippen molar-refractivity contribution in [1.82, 2.24) is 19.7 Å². The van der Waals surface area contributed by atoms with Gasteiger partial charge >= 0.3 is 0 Å². The molecule has 28 heavy (non-hydrogen) atoms. The van der Waals surface area contributed by atoms with Crippen LogP contribution in [0.15, 0.2) is 48.8 Å². The normalized spacial score (nSPS) is 11.1. The maximum atomic E-state index is 13.3. The van der Waals surface area contributed by atoms with Gasteiger partial charge in [-0.3, -0.25) is 19.4 Å². The van der Waals surface area contributed by atoms with Crippen molar-refractivity contribution in [2.75, 3.05) is 4.90 Å². The highest BCUT2D eigenvalue weighted by Gasteiger charge is 2.24. The van der Waals surface area contributed by atoms with E-state index in [2.05, 4.69) is 29.1 Å². The molecule has 3 heterocycles. The van der Waals surface area contributed by atoms with Crippen molar-refractivity contribution in [1.29, 1.82) is 0 Å². The summed E-state index contributed by atoms with van der Waals surface area (Å²) in [6.45, 7) is 4.45. The minimum Gasteiger partial charge on any atom is -0.278 e. The van der Waals surface area contributed by atoms with Gasteiger partial charge in [0.25, 0.3) is 5.91 Å². The fourth-order valence-corrected chi connectivity index (χ4v) is 4.02. The number of hydrogen-bond donors (Lipinski definition) is 0. The van der Waals surface area contributed by atoms with Gasteiger partial charge in [-0.1, -0.05) is 30.4 Å². The first kappa shape index (κ1) is 18.3. The molecule has 0 N–H and O–H groups in total. The quantitative estimate of drug-likeness (QED) is 0.513. The lowest BCUT2D eigenvalue weighted by molar-refractivity contribution is 0.0979. The Balaban J connectivity index is 1.76. The van der Waals surface area contributed by atoms with Gasteiger partial charge < -0.3 is 0 Å². The first-order valence-electron chi connectivity index (χ1n) is 9.16. The lowest BCUT2D eigenvalue weighted by atomic mass is 10.2. The van der Waals surface area contributed by atoms with Crippen LogP contribution in [0.25, 0.3) is 10.2 Å². The van der Waals surface area contributed by atoms with E-state index in [0.29, 0.717) is 17.4 Å². The van der Waals surface area contributed by atoms with Gasteiger partial charge in [0, 0.05) is 25.1 Å². The van der Waals surface area contributed by atoms with Crippen LogP contribution in [-0.2, 0) is 20.0 Å². The molecule has 0 spiro atoms. The summed E-state index contributed by atoms with van der Waals surface area (Å²) >= 11 is 1.53. The fourth-order valence-electron chi connectivity index (χ4n) is 3.00. The Morgan fingerprint density at radius 1 is 1.21 bits per heavy atom. The van der Waals surface area contributed by atoms with Gasteiger partial charge in [0.1, 0.15) is 0 Å². The van der Waals surface area contributed by atoms with Crippen LogP contribution in [0.4, 0.5) is 5.13 Å². The monoisotopic (exact) mass is 391 g/mol. The first-order valence-corrected chi connectivity index (χ1v) is 9.97. The zero-order valence-corrected chi connectivity index (χ0v) is 16.9. The molecule has 0 atom stereocenters. The van der Waals surface area contributed by atoms with E-state index in [0.717, 1.165) is 27.9 Å². The van der Waals surface area contributed by atoms with Crippen molar-refractivity contribution in [3.05, 3.63) is 71.3 Å². The van der Waals surface area contributed by atoms with Crippen molar-refractivity contribution in [3.8, 4) is 0 Å². The number of amides is 1. The molecule has 0 unspecified atom stereocenters. The summed E-state index contributed by atoms with van der Waals surface area (Å²) < 4.78 is 2.79. The van der Waals surface area contributed by atoms with E-state index in [1.165, 1.54) is 16.9 Å². The van der Waals surface area contributed by atoms with E-state index in [9.17, 15) is 4.79 Å². The zero-order chi connectivity index (χ0) is 19.7. The number of aromatic nitrogens is 4. The average molecular weight is 392 g/mol. The molecule has 4 rings (SSSR count). The standard InChI is InChI=1S/C21H21N5OS/c1-4-15-7-8-17-19(11-15)28-21(23-17)26(13-16-6-5-9-22-12-16)20(27)18-10-14(2)25(3)24-18/h5-12H,4,13H2,1-3H3. The molecular weight excluding hydrogens is 370 g/mol. The maximum Gasteiger partial charge on any atom is 0.280 e. The summed E-state index contributed by atoms with van der Waals surface area (Å²) in [4.78, 5) is 23.9. The third kappa shape index (κ3) is 3.53. The SMILES string of the molecule is CCc1ccc2nc(N(Cc3cccnc3)C(=O)c3cc(C)n(C)n3)sc2c1. The lowest BCUT2D eigenvalue weighted by Crippen LogP contribution is -2.30. The highest BCUT2D eigenvalue weighted by atomic mass is 32.1. The van der Waals surface area contributed by atoms with Gasteiger partial charge in [0.05, 0.1) is 16.8 Å².